The number of nitrogens with one attached hydrogen (secondary N) is 1. The zero-order chi connectivity index (χ0) is 22.1. The minimum absolute atomic E-state index is 0.0516. The predicted octanol–water partition coefficient (Wildman–Crippen LogP) is 2.22. The Morgan fingerprint density at radius 3 is 2.74 bits per heavy atom. The molecule has 2 heterocycles. The molecular formula is C24H39N5O2. The van der Waals surface area contributed by atoms with Gasteiger partial charge in [-0.15, -0.1) is 0 Å². The quantitative estimate of drug-likeness (QED) is 0.310. The highest BCUT2D eigenvalue weighted by Crippen LogP contribution is 2.24. The molecule has 0 aromatic heterocycles. The van der Waals surface area contributed by atoms with E-state index in [0.29, 0.717) is 19.2 Å². The fourth-order valence-corrected chi connectivity index (χ4v) is 4.65. The summed E-state index contributed by atoms with van der Waals surface area (Å²) in [5.74, 6) is 0.765. The van der Waals surface area contributed by atoms with Crippen molar-refractivity contribution in [1.82, 2.24) is 20.0 Å². The molecule has 7 nitrogen and oxygen atoms in total. The van der Waals surface area contributed by atoms with E-state index in [1.807, 2.05) is 14.0 Å². The molecule has 0 aliphatic carbocycles. The van der Waals surface area contributed by atoms with Crippen LogP contribution in [0.2, 0.25) is 0 Å². The standard InChI is InChI=1S/C24H39N5O2/c1-4-31-23(30)21-12-8-14-29(18-21)24(25-2)26-13-9-15-28-17-16-27(3)19-22(28)20-10-6-5-7-11-20/h5-7,10-11,21-22H,4,8-9,12-19H2,1-3H3,(H,25,26). The van der Waals surface area contributed by atoms with Crippen LogP contribution in [-0.2, 0) is 9.53 Å². The lowest BCUT2D eigenvalue weighted by atomic mass is 9.98. The molecule has 2 aliphatic rings. The molecule has 3 rings (SSSR count). The first kappa shape index (κ1) is 23.5. The Labute approximate surface area is 187 Å². The molecule has 31 heavy (non-hydrogen) atoms. The van der Waals surface area contributed by atoms with Gasteiger partial charge in [-0.25, -0.2) is 0 Å². The Morgan fingerprint density at radius 2 is 2.00 bits per heavy atom. The molecule has 0 amide bonds. The molecule has 1 aromatic rings. The molecule has 0 saturated carbocycles. The summed E-state index contributed by atoms with van der Waals surface area (Å²) in [6, 6.07) is 11.3. The molecule has 0 spiro atoms. The van der Waals surface area contributed by atoms with Crippen molar-refractivity contribution in [2.45, 2.75) is 32.2 Å². The highest BCUT2D eigenvalue weighted by Gasteiger charge is 2.29. The summed E-state index contributed by atoms with van der Waals surface area (Å²) >= 11 is 0. The van der Waals surface area contributed by atoms with Crippen molar-refractivity contribution in [3.8, 4) is 0 Å². The van der Waals surface area contributed by atoms with Crippen LogP contribution in [0.25, 0.3) is 0 Å². The van der Waals surface area contributed by atoms with Crippen LogP contribution < -0.4 is 5.32 Å². The number of guanidine groups is 1. The van der Waals surface area contributed by atoms with Crippen LogP contribution in [-0.4, -0.2) is 93.1 Å². The largest absolute Gasteiger partial charge is 0.466 e. The van der Waals surface area contributed by atoms with Gasteiger partial charge in [0.05, 0.1) is 12.5 Å². The Bertz CT molecular complexity index is 711. The highest BCUT2D eigenvalue weighted by molar-refractivity contribution is 5.81. The Balaban J connectivity index is 1.47. The fourth-order valence-electron chi connectivity index (χ4n) is 4.65. The van der Waals surface area contributed by atoms with Gasteiger partial charge in [0.1, 0.15) is 0 Å². The molecule has 2 unspecified atom stereocenters. The number of ether oxygens (including phenoxy) is 1. The van der Waals surface area contributed by atoms with Gasteiger partial charge in [0.15, 0.2) is 5.96 Å². The van der Waals surface area contributed by atoms with E-state index >= 15 is 0 Å². The van der Waals surface area contributed by atoms with Crippen molar-refractivity contribution in [3.63, 3.8) is 0 Å². The molecule has 7 heteroatoms. The lowest BCUT2D eigenvalue weighted by molar-refractivity contribution is -0.149. The number of piperazine rings is 1. The maximum Gasteiger partial charge on any atom is 0.310 e. The van der Waals surface area contributed by atoms with Crippen LogP contribution >= 0.6 is 0 Å². The second-order valence-corrected chi connectivity index (χ2v) is 8.59. The molecule has 1 aromatic carbocycles. The Morgan fingerprint density at radius 1 is 1.19 bits per heavy atom. The number of hydrogen-bond acceptors (Lipinski definition) is 5. The van der Waals surface area contributed by atoms with Crippen molar-refractivity contribution in [1.29, 1.82) is 0 Å². The van der Waals surface area contributed by atoms with E-state index in [2.05, 4.69) is 62.4 Å². The van der Waals surface area contributed by atoms with Gasteiger partial charge in [0, 0.05) is 58.9 Å². The number of rotatable bonds is 7. The molecule has 2 fully saturated rings. The van der Waals surface area contributed by atoms with E-state index in [-0.39, 0.29) is 11.9 Å². The monoisotopic (exact) mass is 429 g/mol. The topological polar surface area (TPSA) is 60.4 Å². The fraction of sp³-hybridized carbons (Fsp3) is 0.667. The molecule has 172 valence electrons. The number of hydrogen-bond donors (Lipinski definition) is 1. The first-order valence-corrected chi connectivity index (χ1v) is 11.7. The van der Waals surface area contributed by atoms with E-state index in [9.17, 15) is 4.79 Å². The first-order chi connectivity index (χ1) is 15.1. The van der Waals surface area contributed by atoms with Gasteiger partial charge < -0.3 is 19.9 Å². The van der Waals surface area contributed by atoms with Crippen molar-refractivity contribution in [3.05, 3.63) is 35.9 Å². The van der Waals surface area contributed by atoms with Crippen molar-refractivity contribution in [2.75, 3.05) is 66.5 Å². The highest BCUT2D eigenvalue weighted by atomic mass is 16.5. The summed E-state index contributed by atoms with van der Waals surface area (Å²) in [6.45, 7) is 9.14. The van der Waals surface area contributed by atoms with E-state index in [1.165, 1.54) is 5.56 Å². The van der Waals surface area contributed by atoms with Crippen LogP contribution in [0.15, 0.2) is 35.3 Å². The molecule has 2 saturated heterocycles. The Hall–Kier alpha value is -2.12. The lowest BCUT2D eigenvalue weighted by Gasteiger charge is -2.40. The lowest BCUT2D eigenvalue weighted by Crippen LogP contribution is -2.49. The maximum absolute atomic E-state index is 12.1. The van der Waals surface area contributed by atoms with Gasteiger partial charge in [-0.2, -0.15) is 0 Å². The summed E-state index contributed by atoms with van der Waals surface area (Å²) in [6.07, 6.45) is 2.95. The van der Waals surface area contributed by atoms with Gasteiger partial charge in [-0.05, 0) is 38.8 Å². The summed E-state index contributed by atoms with van der Waals surface area (Å²) < 4.78 is 5.23. The molecule has 0 bridgehead atoms. The predicted molar refractivity (Wildman–Crippen MR) is 125 cm³/mol. The normalized spacial score (nSPS) is 23.6. The number of nitrogens with zero attached hydrogens (tertiary/aromatic N) is 4. The molecular weight excluding hydrogens is 390 g/mol. The third kappa shape index (κ3) is 6.68. The smallest absolute Gasteiger partial charge is 0.310 e. The summed E-state index contributed by atoms with van der Waals surface area (Å²) in [7, 11) is 4.03. The average Bonchev–Trinajstić information content (AvgIpc) is 2.80. The van der Waals surface area contributed by atoms with Crippen LogP contribution in [0.3, 0.4) is 0 Å². The van der Waals surface area contributed by atoms with Crippen LogP contribution in [0.5, 0.6) is 0 Å². The third-order valence-corrected chi connectivity index (χ3v) is 6.34. The molecule has 1 N–H and O–H groups in total. The zero-order valence-electron chi connectivity index (χ0n) is 19.4. The summed E-state index contributed by atoms with van der Waals surface area (Å²) in [5.41, 5.74) is 1.40. The molecule has 2 aliphatic heterocycles. The van der Waals surface area contributed by atoms with E-state index in [4.69, 9.17) is 4.74 Å². The molecule has 0 radical (unpaired) electrons. The minimum atomic E-state index is -0.0790. The number of piperidine rings is 1. The second-order valence-electron chi connectivity index (χ2n) is 8.59. The van der Waals surface area contributed by atoms with Gasteiger partial charge >= 0.3 is 5.97 Å². The minimum Gasteiger partial charge on any atom is -0.466 e. The first-order valence-electron chi connectivity index (χ1n) is 11.7. The van der Waals surface area contributed by atoms with Crippen LogP contribution in [0, 0.1) is 5.92 Å². The SMILES string of the molecule is CCOC(=O)C1CCCN(C(=NC)NCCCN2CCN(C)CC2c2ccccc2)C1. The number of benzene rings is 1. The van der Waals surface area contributed by atoms with Gasteiger partial charge in [-0.3, -0.25) is 14.7 Å². The Kier molecular flexibility index (Phi) is 9.15. The van der Waals surface area contributed by atoms with E-state index < -0.39 is 0 Å². The van der Waals surface area contributed by atoms with Crippen molar-refractivity contribution >= 4 is 11.9 Å². The number of aliphatic imine (C=N–C) groups is 1. The molecule has 2 atom stereocenters. The van der Waals surface area contributed by atoms with Crippen molar-refractivity contribution < 1.29 is 9.53 Å². The van der Waals surface area contributed by atoms with E-state index in [0.717, 1.165) is 64.5 Å². The summed E-state index contributed by atoms with van der Waals surface area (Å²) in [5, 5.41) is 3.52. The number of carbonyl (C=O) groups excluding carboxylic acids is 1. The van der Waals surface area contributed by atoms with Crippen molar-refractivity contribution in [2.24, 2.45) is 10.9 Å². The van der Waals surface area contributed by atoms with Gasteiger partial charge in [0.2, 0.25) is 0 Å². The van der Waals surface area contributed by atoms with E-state index in [1.54, 1.807) is 0 Å². The second kappa shape index (κ2) is 12.1. The number of esters is 1. The summed E-state index contributed by atoms with van der Waals surface area (Å²) in [4.78, 5) is 23.8. The maximum atomic E-state index is 12.1. The van der Waals surface area contributed by atoms with Gasteiger partial charge in [-0.1, -0.05) is 30.3 Å². The number of carbonyl (C=O) groups is 1. The average molecular weight is 430 g/mol. The third-order valence-electron chi connectivity index (χ3n) is 6.34. The van der Waals surface area contributed by atoms with Gasteiger partial charge in [0.25, 0.3) is 0 Å². The van der Waals surface area contributed by atoms with Crippen LogP contribution in [0.4, 0.5) is 0 Å². The zero-order valence-corrected chi connectivity index (χ0v) is 19.4. The van der Waals surface area contributed by atoms with Crippen LogP contribution in [0.1, 0.15) is 37.8 Å². The number of likely N-dealkylation sites (tertiary alicyclic amines) is 1. The number of likely N-dealkylation sites (N-methyl/N-ethyl adjacent to an activating group) is 1.